The summed E-state index contributed by atoms with van der Waals surface area (Å²) >= 11 is 0. The van der Waals surface area contributed by atoms with Crippen molar-refractivity contribution in [3.05, 3.63) is 0 Å². The molecule has 0 radical (unpaired) electrons. The number of nitrogens with one attached hydrogen (secondary N) is 1. The normalized spacial score (nSPS) is 39.7. The highest BCUT2D eigenvalue weighted by molar-refractivity contribution is 4.93. The third-order valence-electron chi connectivity index (χ3n) is 3.72. The fourth-order valence-corrected chi connectivity index (χ4v) is 2.41. The molecule has 13 heavy (non-hydrogen) atoms. The van der Waals surface area contributed by atoms with Crippen LogP contribution >= 0.6 is 0 Å². The van der Waals surface area contributed by atoms with Crippen LogP contribution in [0.15, 0.2) is 0 Å². The Balaban J connectivity index is 1.49. The average molecular weight is 181 g/mol. The second-order valence-corrected chi connectivity index (χ2v) is 5.00. The van der Waals surface area contributed by atoms with Gasteiger partial charge in [-0.3, -0.25) is 0 Å². The fraction of sp³-hybridized carbons (Fsp3) is 1.00. The molecule has 1 aliphatic heterocycles. The summed E-state index contributed by atoms with van der Waals surface area (Å²) in [5.41, 5.74) is 0. The Morgan fingerprint density at radius 3 is 2.62 bits per heavy atom. The molecule has 1 heterocycles. The molecule has 2 atom stereocenters. The molecular formula is C11H19NO. The Morgan fingerprint density at radius 2 is 1.92 bits per heavy atom. The maximum atomic E-state index is 5.56. The van der Waals surface area contributed by atoms with Gasteiger partial charge in [0.25, 0.3) is 0 Å². The molecule has 2 saturated carbocycles. The van der Waals surface area contributed by atoms with Gasteiger partial charge in [0.05, 0.1) is 13.2 Å². The van der Waals surface area contributed by atoms with Crippen LogP contribution in [0.5, 0.6) is 0 Å². The molecule has 0 spiro atoms. The third-order valence-corrected chi connectivity index (χ3v) is 3.72. The van der Waals surface area contributed by atoms with Gasteiger partial charge in [0, 0.05) is 12.0 Å². The van der Waals surface area contributed by atoms with Crippen LogP contribution in [0.25, 0.3) is 0 Å². The van der Waals surface area contributed by atoms with Gasteiger partial charge in [-0.25, -0.2) is 0 Å². The maximum absolute atomic E-state index is 5.56. The molecule has 2 aliphatic carbocycles. The monoisotopic (exact) mass is 181 g/mol. The molecule has 0 aromatic carbocycles. The van der Waals surface area contributed by atoms with Crippen molar-refractivity contribution in [3.63, 3.8) is 0 Å². The van der Waals surface area contributed by atoms with Crippen molar-refractivity contribution in [1.82, 2.24) is 5.32 Å². The lowest BCUT2D eigenvalue weighted by Gasteiger charge is -2.18. The zero-order valence-corrected chi connectivity index (χ0v) is 8.17. The lowest BCUT2D eigenvalue weighted by atomic mass is 9.98. The van der Waals surface area contributed by atoms with Crippen LogP contribution in [0, 0.1) is 17.8 Å². The molecule has 2 unspecified atom stereocenters. The van der Waals surface area contributed by atoms with Crippen molar-refractivity contribution < 1.29 is 4.74 Å². The molecule has 3 fully saturated rings. The lowest BCUT2D eigenvalue weighted by Crippen LogP contribution is -2.37. The van der Waals surface area contributed by atoms with E-state index >= 15 is 0 Å². The number of hydrogen-bond acceptors (Lipinski definition) is 2. The van der Waals surface area contributed by atoms with Crippen LogP contribution in [0.3, 0.4) is 0 Å². The second kappa shape index (κ2) is 3.25. The molecule has 0 bridgehead atoms. The van der Waals surface area contributed by atoms with E-state index in [-0.39, 0.29) is 0 Å². The summed E-state index contributed by atoms with van der Waals surface area (Å²) in [7, 11) is 0. The summed E-state index contributed by atoms with van der Waals surface area (Å²) in [5.74, 6) is 2.85. The Hall–Kier alpha value is -0.0800. The smallest absolute Gasteiger partial charge is 0.0623 e. The highest BCUT2D eigenvalue weighted by Crippen LogP contribution is 2.41. The van der Waals surface area contributed by atoms with Gasteiger partial charge in [0.1, 0.15) is 0 Å². The highest BCUT2D eigenvalue weighted by atomic mass is 16.5. The van der Waals surface area contributed by atoms with E-state index in [4.69, 9.17) is 4.74 Å². The minimum Gasteiger partial charge on any atom is -0.379 e. The Bertz CT molecular complexity index is 187. The molecule has 3 rings (SSSR count). The molecule has 2 heteroatoms. The molecule has 0 aromatic heterocycles. The van der Waals surface area contributed by atoms with E-state index in [2.05, 4.69) is 5.32 Å². The highest BCUT2D eigenvalue weighted by Gasteiger charge is 2.40. The number of ether oxygens (including phenoxy) is 1. The van der Waals surface area contributed by atoms with Crippen molar-refractivity contribution in [2.45, 2.75) is 31.7 Å². The quantitative estimate of drug-likeness (QED) is 0.708. The standard InChI is InChI=1S/C11H19NO/c1-2-8(1)5-12-11-7-13-6-10(11)9-3-4-9/h8-12H,1-7H2. The molecule has 3 aliphatic rings. The van der Waals surface area contributed by atoms with Crippen molar-refractivity contribution in [2.24, 2.45) is 17.8 Å². The fourth-order valence-electron chi connectivity index (χ4n) is 2.41. The van der Waals surface area contributed by atoms with Gasteiger partial charge in [0.2, 0.25) is 0 Å². The summed E-state index contributed by atoms with van der Waals surface area (Å²) < 4.78 is 5.56. The zero-order chi connectivity index (χ0) is 8.67. The summed E-state index contributed by atoms with van der Waals surface area (Å²) in [6.45, 7) is 3.23. The third kappa shape index (κ3) is 1.89. The zero-order valence-electron chi connectivity index (χ0n) is 8.17. The first-order chi connectivity index (χ1) is 6.43. The van der Waals surface area contributed by atoms with Crippen molar-refractivity contribution >= 4 is 0 Å². The van der Waals surface area contributed by atoms with Gasteiger partial charge in [-0.15, -0.1) is 0 Å². The summed E-state index contributed by atoms with van der Waals surface area (Å²) in [4.78, 5) is 0. The van der Waals surface area contributed by atoms with Crippen LogP contribution in [0.4, 0.5) is 0 Å². The predicted octanol–water partition coefficient (Wildman–Crippen LogP) is 1.41. The van der Waals surface area contributed by atoms with Crippen LogP contribution in [-0.2, 0) is 4.74 Å². The molecule has 1 N–H and O–H groups in total. The van der Waals surface area contributed by atoms with Crippen molar-refractivity contribution in [3.8, 4) is 0 Å². The van der Waals surface area contributed by atoms with Crippen LogP contribution in [0.2, 0.25) is 0 Å². The molecular weight excluding hydrogens is 162 g/mol. The predicted molar refractivity (Wildman–Crippen MR) is 51.5 cm³/mol. The van der Waals surface area contributed by atoms with Gasteiger partial charge < -0.3 is 10.1 Å². The Morgan fingerprint density at radius 1 is 1.08 bits per heavy atom. The van der Waals surface area contributed by atoms with Gasteiger partial charge in [-0.05, 0) is 44.1 Å². The maximum Gasteiger partial charge on any atom is 0.0623 e. The SMILES string of the molecule is C1CC1CNC1COCC1C1CC1. The first-order valence-electron chi connectivity index (χ1n) is 5.74. The van der Waals surface area contributed by atoms with Gasteiger partial charge in [-0.2, -0.15) is 0 Å². The van der Waals surface area contributed by atoms with Crippen LogP contribution < -0.4 is 5.32 Å². The number of hydrogen-bond donors (Lipinski definition) is 1. The summed E-state index contributed by atoms with van der Waals surface area (Å²) in [6, 6.07) is 0.688. The summed E-state index contributed by atoms with van der Waals surface area (Å²) in [5, 5.41) is 3.69. The molecule has 1 saturated heterocycles. The van der Waals surface area contributed by atoms with E-state index in [0.29, 0.717) is 6.04 Å². The topological polar surface area (TPSA) is 21.3 Å². The minimum absolute atomic E-state index is 0.688. The molecule has 2 nitrogen and oxygen atoms in total. The minimum atomic E-state index is 0.688. The van der Waals surface area contributed by atoms with E-state index in [9.17, 15) is 0 Å². The van der Waals surface area contributed by atoms with E-state index < -0.39 is 0 Å². The first-order valence-corrected chi connectivity index (χ1v) is 5.74. The van der Waals surface area contributed by atoms with Gasteiger partial charge in [-0.1, -0.05) is 0 Å². The molecule has 74 valence electrons. The van der Waals surface area contributed by atoms with E-state index in [1.165, 1.54) is 32.2 Å². The largest absolute Gasteiger partial charge is 0.379 e. The molecule has 0 aromatic rings. The van der Waals surface area contributed by atoms with Crippen LogP contribution in [0.1, 0.15) is 25.7 Å². The average Bonchev–Trinajstić information content (AvgIpc) is 3.03. The van der Waals surface area contributed by atoms with Crippen LogP contribution in [-0.4, -0.2) is 25.8 Å². The number of rotatable bonds is 4. The van der Waals surface area contributed by atoms with E-state index in [1.807, 2.05) is 0 Å². The van der Waals surface area contributed by atoms with E-state index in [1.54, 1.807) is 0 Å². The van der Waals surface area contributed by atoms with Gasteiger partial charge >= 0.3 is 0 Å². The first kappa shape index (κ1) is 8.25. The second-order valence-electron chi connectivity index (χ2n) is 5.00. The van der Waals surface area contributed by atoms with E-state index in [0.717, 1.165) is 31.0 Å². The Labute approximate surface area is 80.0 Å². The van der Waals surface area contributed by atoms with Crippen molar-refractivity contribution in [2.75, 3.05) is 19.8 Å². The Kier molecular flexibility index (Phi) is 2.06. The lowest BCUT2D eigenvalue weighted by molar-refractivity contribution is 0.180. The van der Waals surface area contributed by atoms with Gasteiger partial charge in [0.15, 0.2) is 0 Å². The van der Waals surface area contributed by atoms with Crippen molar-refractivity contribution in [1.29, 1.82) is 0 Å². The molecule has 0 amide bonds. The summed E-state index contributed by atoms with van der Waals surface area (Å²) in [6.07, 6.45) is 5.81.